The molecule has 0 aliphatic carbocycles. The highest BCUT2D eigenvalue weighted by Crippen LogP contribution is 2.25. The Bertz CT molecular complexity index is 1010. The zero-order valence-corrected chi connectivity index (χ0v) is 18.0. The van der Waals surface area contributed by atoms with Crippen molar-refractivity contribution in [2.45, 2.75) is 6.92 Å². The minimum Gasteiger partial charge on any atom is -0.360 e. The summed E-state index contributed by atoms with van der Waals surface area (Å²) >= 11 is 1.64. The van der Waals surface area contributed by atoms with E-state index in [0.29, 0.717) is 26.2 Å². The smallest absolute Gasteiger partial charge is 0.246 e. The molecule has 0 atom stereocenters. The molecule has 0 saturated carbocycles. The predicted molar refractivity (Wildman–Crippen MR) is 121 cm³/mol. The zero-order chi connectivity index (χ0) is 20.9. The van der Waals surface area contributed by atoms with E-state index < -0.39 is 0 Å². The van der Waals surface area contributed by atoms with E-state index in [1.807, 2.05) is 43.3 Å². The topological polar surface area (TPSA) is 90.7 Å². The molecule has 3 heterocycles. The number of carbonyl (C=O) groups excluding carboxylic acids is 1. The van der Waals surface area contributed by atoms with Gasteiger partial charge in [0.15, 0.2) is 11.1 Å². The molecule has 3 aromatic rings. The van der Waals surface area contributed by atoms with E-state index in [9.17, 15) is 4.79 Å². The van der Waals surface area contributed by atoms with E-state index in [-0.39, 0.29) is 5.91 Å². The molecule has 10 heteroatoms. The van der Waals surface area contributed by atoms with Gasteiger partial charge in [-0.3, -0.25) is 14.5 Å². The summed E-state index contributed by atoms with van der Waals surface area (Å²) in [5.74, 6) is 0.815. The molecule has 0 unspecified atom stereocenters. The van der Waals surface area contributed by atoms with Gasteiger partial charge in [0.2, 0.25) is 5.91 Å². The molecule has 4 rings (SSSR count). The lowest BCUT2D eigenvalue weighted by molar-refractivity contribution is -0.120. The molecule has 30 heavy (non-hydrogen) atoms. The summed E-state index contributed by atoms with van der Waals surface area (Å²) < 4.78 is 2.88. The van der Waals surface area contributed by atoms with Gasteiger partial charge in [-0.25, -0.2) is 4.98 Å². The van der Waals surface area contributed by atoms with Crippen molar-refractivity contribution in [3.8, 4) is 0 Å². The van der Waals surface area contributed by atoms with Crippen LogP contribution in [0.1, 0.15) is 6.92 Å². The quantitative estimate of drug-likeness (QED) is 0.355. The first-order valence-electron chi connectivity index (χ1n) is 10.1. The number of anilines is 2. The van der Waals surface area contributed by atoms with Gasteiger partial charge in [-0.15, -0.1) is 0 Å². The summed E-state index contributed by atoms with van der Waals surface area (Å²) in [4.78, 5) is 25.7. The molecule has 0 bridgehead atoms. The molecule has 1 aliphatic rings. The Morgan fingerprint density at radius 3 is 2.90 bits per heavy atom. The van der Waals surface area contributed by atoms with Crippen molar-refractivity contribution in [3.63, 3.8) is 0 Å². The van der Waals surface area contributed by atoms with Crippen LogP contribution in [0.2, 0.25) is 0 Å². The Hall–Kier alpha value is -3.14. The number of aryl methyl sites for hydroxylation is 1. The maximum atomic E-state index is 12.7. The normalized spacial score (nSPS) is 15.1. The molecule has 0 spiro atoms. The van der Waals surface area contributed by atoms with Gasteiger partial charge in [0.25, 0.3) is 0 Å². The van der Waals surface area contributed by atoms with E-state index in [2.05, 4.69) is 26.8 Å². The summed E-state index contributed by atoms with van der Waals surface area (Å²) in [6.45, 7) is 5.68. The number of nitrogens with one attached hydrogen (secondary N) is 2. The molecule has 1 saturated heterocycles. The fourth-order valence-electron chi connectivity index (χ4n) is 3.37. The molecule has 158 valence electrons. The third-order valence-electron chi connectivity index (χ3n) is 4.80. The standard InChI is InChI=1S/C20H26N8OS/c1-3-21-19(22-8-9-23-20-25-16-6-4-5-7-17(16)30-20)27-10-11-28(18(29)14-27)15-12-24-26(2)13-15/h4-7,12-13H,3,8-11,14H2,1-2H3,(H,21,22)(H,23,25). The van der Waals surface area contributed by atoms with Gasteiger partial charge >= 0.3 is 0 Å². The van der Waals surface area contributed by atoms with Crippen LogP contribution < -0.4 is 15.5 Å². The number of fused-ring (bicyclic) bond motifs is 1. The first-order chi connectivity index (χ1) is 14.6. The van der Waals surface area contributed by atoms with Crippen LogP contribution in [0.25, 0.3) is 10.2 Å². The zero-order valence-electron chi connectivity index (χ0n) is 17.2. The van der Waals surface area contributed by atoms with E-state index >= 15 is 0 Å². The Balaban J connectivity index is 1.33. The highest BCUT2D eigenvalue weighted by Gasteiger charge is 2.27. The number of hydrogen-bond acceptors (Lipinski definition) is 6. The van der Waals surface area contributed by atoms with Crippen LogP contribution in [-0.4, -0.2) is 70.8 Å². The number of guanidine groups is 1. The van der Waals surface area contributed by atoms with Gasteiger partial charge in [-0.05, 0) is 19.1 Å². The largest absolute Gasteiger partial charge is 0.360 e. The summed E-state index contributed by atoms with van der Waals surface area (Å²) in [7, 11) is 1.85. The highest BCUT2D eigenvalue weighted by atomic mass is 32.1. The maximum absolute atomic E-state index is 12.7. The van der Waals surface area contributed by atoms with E-state index in [1.54, 1.807) is 27.1 Å². The van der Waals surface area contributed by atoms with Crippen molar-refractivity contribution in [1.29, 1.82) is 0 Å². The fourth-order valence-corrected chi connectivity index (χ4v) is 4.26. The van der Waals surface area contributed by atoms with E-state index in [0.717, 1.165) is 35.4 Å². The Labute approximate surface area is 179 Å². The van der Waals surface area contributed by atoms with Crippen LogP contribution in [0.4, 0.5) is 10.8 Å². The van der Waals surface area contributed by atoms with Crippen molar-refractivity contribution in [2.75, 3.05) is 49.5 Å². The molecule has 1 aromatic carbocycles. The number of aliphatic imine (C=N–C) groups is 1. The van der Waals surface area contributed by atoms with Crippen molar-refractivity contribution in [2.24, 2.45) is 12.0 Å². The van der Waals surface area contributed by atoms with Crippen molar-refractivity contribution >= 4 is 44.2 Å². The molecule has 1 aliphatic heterocycles. The fraction of sp³-hybridized carbons (Fsp3) is 0.400. The monoisotopic (exact) mass is 426 g/mol. The van der Waals surface area contributed by atoms with Gasteiger partial charge in [-0.1, -0.05) is 23.5 Å². The van der Waals surface area contributed by atoms with Crippen LogP contribution in [0, 0.1) is 0 Å². The number of hydrogen-bond donors (Lipinski definition) is 2. The summed E-state index contributed by atoms with van der Waals surface area (Å²) in [6, 6.07) is 8.10. The highest BCUT2D eigenvalue weighted by molar-refractivity contribution is 7.22. The molecule has 9 nitrogen and oxygen atoms in total. The second-order valence-corrected chi connectivity index (χ2v) is 8.02. The average molecular weight is 427 g/mol. The van der Waals surface area contributed by atoms with Crippen LogP contribution in [0.5, 0.6) is 0 Å². The first-order valence-corrected chi connectivity index (χ1v) is 10.9. The number of aromatic nitrogens is 3. The van der Waals surface area contributed by atoms with Gasteiger partial charge in [0.05, 0.1) is 28.6 Å². The van der Waals surface area contributed by atoms with Crippen LogP contribution >= 0.6 is 11.3 Å². The Morgan fingerprint density at radius 2 is 2.17 bits per heavy atom. The number of benzene rings is 1. The SMILES string of the molecule is CCNC(=NCCNc1nc2ccccc2s1)N1CCN(c2cnn(C)c2)C(=O)C1. The van der Waals surface area contributed by atoms with E-state index in [4.69, 9.17) is 4.99 Å². The average Bonchev–Trinajstić information content (AvgIpc) is 3.36. The van der Waals surface area contributed by atoms with Gasteiger partial charge in [0.1, 0.15) is 6.54 Å². The summed E-state index contributed by atoms with van der Waals surface area (Å²) in [5.41, 5.74) is 1.84. The molecule has 2 N–H and O–H groups in total. The number of nitrogens with zero attached hydrogens (tertiary/aromatic N) is 6. The number of piperazine rings is 1. The number of thiazole rings is 1. The summed E-state index contributed by atoms with van der Waals surface area (Å²) in [5, 5.41) is 11.7. The number of amides is 1. The number of rotatable bonds is 6. The van der Waals surface area contributed by atoms with Gasteiger partial charge in [-0.2, -0.15) is 5.10 Å². The van der Waals surface area contributed by atoms with Crippen molar-refractivity contribution < 1.29 is 4.79 Å². The summed E-state index contributed by atoms with van der Waals surface area (Å²) in [6.07, 6.45) is 3.58. The molecule has 1 amide bonds. The van der Waals surface area contributed by atoms with Crippen LogP contribution in [0.3, 0.4) is 0 Å². The number of para-hydroxylation sites is 1. The molecule has 0 radical (unpaired) electrons. The third kappa shape index (κ3) is 4.54. The minimum atomic E-state index is 0.0486. The lowest BCUT2D eigenvalue weighted by Gasteiger charge is -2.35. The molecular formula is C20H26N8OS. The molecule has 1 fully saturated rings. The van der Waals surface area contributed by atoms with Crippen LogP contribution in [0.15, 0.2) is 41.7 Å². The van der Waals surface area contributed by atoms with Gasteiger partial charge in [0, 0.05) is 39.4 Å². The lowest BCUT2D eigenvalue weighted by atomic mass is 10.3. The first kappa shape index (κ1) is 20.1. The minimum absolute atomic E-state index is 0.0486. The van der Waals surface area contributed by atoms with Gasteiger partial charge < -0.3 is 20.4 Å². The molecule has 2 aromatic heterocycles. The predicted octanol–water partition coefficient (Wildman–Crippen LogP) is 1.76. The van der Waals surface area contributed by atoms with Crippen LogP contribution in [-0.2, 0) is 11.8 Å². The Morgan fingerprint density at radius 1 is 1.30 bits per heavy atom. The number of carbonyl (C=O) groups is 1. The van der Waals surface area contributed by atoms with Crippen molar-refractivity contribution in [3.05, 3.63) is 36.7 Å². The van der Waals surface area contributed by atoms with Crippen molar-refractivity contribution in [1.82, 2.24) is 25.0 Å². The third-order valence-corrected chi connectivity index (χ3v) is 5.80. The second-order valence-electron chi connectivity index (χ2n) is 6.99. The maximum Gasteiger partial charge on any atom is 0.246 e. The lowest BCUT2D eigenvalue weighted by Crippen LogP contribution is -2.55. The molecular weight excluding hydrogens is 400 g/mol. The Kier molecular flexibility index (Phi) is 6.12. The second kappa shape index (κ2) is 9.12. The van der Waals surface area contributed by atoms with E-state index in [1.165, 1.54) is 4.70 Å².